The lowest BCUT2D eigenvalue weighted by Gasteiger charge is -2.19. The monoisotopic (exact) mass is 397 g/mol. The van der Waals surface area contributed by atoms with Crippen molar-refractivity contribution in [1.29, 1.82) is 0 Å². The van der Waals surface area contributed by atoms with Crippen LogP contribution in [0.15, 0.2) is 36.9 Å². The maximum Gasteiger partial charge on any atom is 0.305 e. The highest BCUT2D eigenvalue weighted by Gasteiger charge is 2.28. The van der Waals surface area contributed by atoms with Gasteiger partial charge in [-0.05, 0) is 36.5 Å². The highest BCUT2D eigenvalue weighted by atomic mass is 16.4. The molecule has 1 N–H and O–H groups in total. The van der Waals surface area contributed by atoms with Gasteiger partial charge in [0.05, 0.1) is 12.7 Å². The quantitative estimate of drug-likeness (QED) is 0.469. The summed E-state index contributed by atoms with van der Waals surface area (Å²) in [6.45, 7) is 4.70. The van der Waals surface area contributed by atoms with E-state index in [0.717, 1.165) is 25.9 Å². The number of unbranched alkanes of at least 4 members (excludes halogenated alkanes) is 5. The summed E-state index contributed by atoms with van der Waals surface area (Å²) in [4.78, 5) is 17.5. The molecular weight excluding hydrogens is 362 g/mol. The van der Waals surface area contributed by atoms with Crippen molar-refractivity contribution in [1.82, 2.24) is 9.55 Å². The molecule has 0 radical (unpaired) electrons. The van der Waals surface area contributed by atoms with Crippen molar-refractivity contribution in [2.45, 2.75) is 77.2 Å². The molecule has 1 aliphatic heterocycles. The first-order valence-electron chi connectivity index (χ1n) is 11.2. The Kier molecular flexibility index (Phi) is 8.14. The number of imidazole rings is 1. The molecule has 0 spiro atoms. The number of carboxylic acids is 1. The summed E-state index contributed by atoms with van der Waals surface area (Å²) < 4.78 is 2.12. The van der Waals surface area contributed by atoms with Crippen molar-refractivity contribution >= 4 is 11.7 Å². The van der Waals surface area contributed by atoms with Crippen LogP contribution in [0.3, 0.4) is 0 Å². The molecule has 5 nitrogen and oxygen atoms in total. The number of aliphatic carboxylic acids is 1. The third kappa shape index (κ3) is 6.34. The van der Waals surface area contributed by atoms with Crippen molar-refractivity contribution in [3.8, 4) is 0 Å². The lowest BCUT2D eigenvalue weighted by Crippen LogP contribution is -2.25. The summed E-state index contributed by atoms with van der Waals surface area (Å²) in [5, 5.41) is 9.10. The summed E-state index contributed by atoms with van der Waals surface area (Å²) in [5.41, 5.74) is 4.06. The lowest BCUT2D eigenvalue weighted by atomic mass is 9.94. The number of carbonyl (C=O) groups is 1. The molecule has 29 heavy (non-hydrogen) atoms. The van der Waals surface area contributed by atoms with Crippen molar-refractivity contribution in [2.75, 3.05) is 18.0 Å². The van der Waals surface area contributed by atoms with E-state index >= 15 is 0 Å². The van der Waals surface area contributed by atoms with Crippen molar-refractivity contribution in [3.63, 3.8) is 0 Å². The number of fused-ring (bicyclic) bond motifs is 1. The molecule has 2 heterocycles. The number of hydrogen-bond donors (Lipinski definition) is 1. The third-order valence-corrected chi connectivity index (χ3v) is 6.02. The van der Waals surface area contributed by atoms with Crippen molar-refractivity contribution in [3.05, 3.63) is 48.0 Å². The highest BCUT2D eigenvalue weighted by molar-refractivity contribution is 5.69. The molecule has 0 amide bonds. The van der Waals surface area contributed by atoms with Crippen LogP contribution in [0.2, 0.25) is 0 Å². The Bertz CT molecular complexity index is 757. The van der Waals surface area contributed by atoms with E-state index in [1.54, 1.807) is 0 Å². The van der Waals surface area contributed by atoms with Gasteiger partial charge < -0.3 is 14.6 Å². The Morgan fingerprint density at radius 1 is 1.17 bits per heavy atom. The molecule has 0 saturated carbocycles. The Balaban J connectivity index is 1.62. The summed E-state index contributed by atoms with van der Waals surface area (Å²) in [7, 11) is 0. The van der Waals surface area contributed by atoms with Crippen LogP contribution in [-0.2, 0) is 17.8 Å². The standard InChI is InChI=1S/C24H35N3O2/c1-2-3-4-5-6-7-8-20-9-10-23-22(17-20)21(11-14-26-16-13-25-19-26)18-27(23)15-12-24(28)29/h9-10,13,16-17,19,21H,2-8,11-12,14-15,18H2,1H3,(H,28,29). The van der Waals surface area contributed by atoms with Gasteiger partial charge in [-0.15, -0.1) is 0 Å². The number of anilines is 1. The Hall–Kier alpha value is -2.30. The van der Waals surface area contributed by atoms with Crippen LogP contribution in [0.25, 0.3) is 0 Å². The van der Waals surface area contributed by atoms with Crippen molar-refractivity contribution < 1.29 is 9.90 Å². The second-order valence-electron chi connectivity index (χ2n) is 8.29. The van der Waals surface area contributed by atoms with Crippen molar-refractivity contribution in [2.24, 2.45) is 0 Å². The predicted molar refractivity (Wildman–Crippen MR) is 118 cm³/mol. The topological polar surface area (TPSA) is 58.4 Å². The van der Waals surface area contributed by atoms with Gasteiger partial charge in [0, 0.05) is 43.6 Å². The Labute approximate surface area is 174 Å². The summed E-state index contributed by atoms with van der Waals surface area (Å²) in [6.07, 6.45) is 16.0. The lowest BCUT2D eigenvalue weighted by molar-refractivity contribution is -0.136. The van der Waals surface area contributed by atoms with Gasteiger partial charge in [0.25, 0.3) is 0 Å². The molecule has 1 atom stereocenters. The van der Waals surface area contributed by atoms with Gasteiger partial charge in [0.15, 0.2) is 0 Å². The Morgan fingerprint density at radius 2 is 2.00 bits per heavy atom. The first-order chi connectivity index (χ1) is 14.2. The number of benzene rings is 1. The molecule has 3 rings (SSSR count). The largest absolute Gasteiger partial charge is 0.481 e. The van der Waals surface area contributed by atoms with E-state index in [0.29, 0.717) is 12.5 Å². The third-order valence-electron chi connectivity index (χ3n) is 6.02. The molecule has 0 bridgehead atoms. The first kappa shape index (κ1) is 21.4. The zero-order chi connectivity index (χ0) is 20.5. The van der Waals surface area contributed by atoms with E-state index in [4.69, 9.17) is 5.11 Å². The fraction of sp³-hybridized carbons (Fsp3) is 0.583. The number of aryl methyl sites for hydroxylation is 2. The number of hydrogen-bond acceptors (Lipinski definition) is 3. The first-order valence-corrected chi connectivity index (χ1v) is 11.2. The van der Waals surface area contributed by atoms with E-state index in [1.807, 2.05) is 18.7 Å². The molecule has 0 saturated heterocycles. The van der Waals surface area contributed by atoms with Gasteiger partial charge in [-0.3, -0.25) is 4.79 Å². The molecule has 1 unspecified atom stereocenters. The van der Waals surface area contributed by atoms with Gasteiger partial charge in [-0.25, -0.2) is 4.98 Å². The van der Waals surface area contributed by atoms with Crippen LogP contribution in [0.4, 0.5) is 5.69 Å². The van der Waals surface area contributed by atoms with Crippen LogP contribution in [0, 0.1) is 0 Å². The van der Waals surface area contributed by atoms with E-state index < -0.39 is 5.97 Å². The number of aromatic nitrogens is 2. The number of nitrogens with zero attached hydrogens (tertiary/aromatic N) is 3. The van der Waals surface area contributed by atoms with Gasteiger partial charge in [0.2, 0.25) is 0 Å². The minimum atomic E-state index is -0.729. The second-order valence-corrected chi connectivity index (χ2v) is 8.29. The summed E-state index contributed by atoms with van der Waals surface area (Å²) in [6, 6.07) is 6.86. The maximum absolute atomic E-state index is 11.1. The average molecular weight is 398 g/mol. The summed E-state index contributed by atoms with van der Waals surface area (Å²) >= 11 is 0. The molecule has 2 aromatic rings. The number of rotatable bonds is 13. The van der Waals surface area contributed by atoms with E-state index in [1.165, 1.54) is 55.3 Å². The van der Waals surface area contributed by atoms with E-state index in [2.05, 4.69) is 39.6 Å². The molecular formula is C24H35N3O2. The van der Waals surface area contributed by atoms with Crippen LogP contribution < -0.4 is 4.90 Å². The molecule has 1 aromatic heterocycles. The van der Waals surface area contributed by atoms with Crippen LogP contribution in [0.1, 0.15) is 75.3 Å². The zero-order valence-corrected chi connectivity index (χ0v) is 17.7. The van der Waals surface area contributed by atoms with E-state index in [-0.39, 0.29) is 6.42 Å². The second kappa shape index (κ2) is 11.0. The zero-order valence-electron chi connectivity index (χ0n) is 17.7. The van der Waals surface area contributed by atoms with Crippen LogP contribution in [-0.4, -0.2) is 33.7 Å². The molecule has 1 aliphatic rings. The minimum Gasteiger partial charge on any atom is -0.481 e. The highest BCUT2D eigenvalue weighted by Crippen LogP contribution is 2.39. The molecule has 0 fully saturated rings. The summed E-state index contributed by atoms with van der Waals surface area (Å²) in [5.74, 6) is -0.279. The van der Waals surface area contributed by atoms with Gasteiger partial charge in [-0.2, -0.15) is 0 Å². The molecule has 5 heteroatoms. The van der Waals surface area contributed by atoms with Crippen LogP contribution >= 0.6 is 0 Å². The normalized spacial score (nSPS) is 15.6. The predicted octanol–water partition coefficient (Wildman–Crippen LogP) is 5.25. The molecule has 158 valence electrons. The van der Waals surface area contributed by atoms with Gasteiger partial charge in [-0.1, -0.05) is 51.2 Å². The SMILES string of the molecule is CCCCCCCCc1ccc2c(c1)C(CCn1ccnc1)CN2CCC(=O)O. The smallest absolute Gasteiger partial charge is 0.305 e. The molecule has 0 aliphatic carbocycles. The van der Waals surface area contributed by atoms with Gasteiger partial charge >= 0.3 is 5.97 Å². The number of carboxylic acid groups (broad SMARTS) is 1. The van der Waals surface area contributed by atoms with Gasteiger partial charge in [0.1, 0.15) is 0 Å². The fourth-order valence-electron chi connectivity index (χ4n) is 4.36. The average Bonchev–Trinajstić information content (AvgIpc) is 3.35. The maximum atomic E-state index is 11.1. The molecule has 1 aromatic carbocycles. The van der Waals surface area contributed by atoms with Crippen LogP contribution in [0.5, 0.6) is 0 Å². The minimum absolute atomic E-state index is 0.188. The van der Waals surface area contributed by atoms with E-state index in [9.17, 15) is 4.79 Å². The Morgan fingerprint density at radius 3 is 2.76 bits per heavy atom. The fourth-order valence-corrected chi connectivity index (χ4v) is 4.36.